The molecule has 2 aromatic rings. The SMILES string of the molecule is O=Cc1ccc(/C=C/C(=O)NCC2CN(c3ccc(C4=NNC(=O)CS4)c(F)c3)C(=O)O2)cc1. The van der Waals surface area contributed by atoms with Crippen LogP contribution in [0.4, 0.5) is 14.9 Å². The fourth-order valence-corrected chi connectivity index (χ4v) is 4.03. The molecule has 1 atom stereocenters. The lowest BCUT2D eigenvalue weighted by molar-refractivity contribution is -0.118. The molecule has 2 aromatic carbocycles. The standard InChI is InChI=1S/C23H19FN4O5S/c24-19-9-16(6-7-18(19)22-27-26-21(31)13-34-22)28-11-17(33-23(28)32)10-25-20(30)8-5-14-1-3-15(12-29)4-2-14/h1-9,12,17H,10-11,13H2,(H,25,30)(H,26,31)/b8-5+. The van der Waals surface area contributed by atoms with Crippen molar-refractivity contribution in [2.45, 2.75) is 6.10 Å². The lowest BCUT2D eigenvalue weighted by Crippen LogP contribution is -2.33. The summed E-state index contributed by atoms with van der Waals surface area (Å²) < 4.78 is 19.9. The zero-order chi connectivity index (χ0) is 24.1. The van der Waals surface area contributed by atoms with Gasteiger partial charge in [-0.2, -0.15) is 5.10 Å². The minimum Gasteiger partial charge on any atom is -0.442 e. The maximum Gasteiger partial charge on any atom is 0.414 e. The molecule has 1 saturated heterocycles. The van der Waals surface area contributed by atoms with Gasteiger partial charge in [0, 0.05) is 17.2 Å². The summed E-state index contributed by atoms with van der Waals surface area (Å²) in [4.78, 5) is 47.5. The highest BCUT2D eigenvalue weighted by molar-refractivity contribution is 8.15. The van der Waals surface area contributed by atoms with E-state index in [1.54, 1.807) is 36.4 Å². The molecule has 0 saturated carbocycles. The summed E-state index contributed by atoms with van der Waals surface area (Å²) in [7, 11) is 0. The van der Waals surface area contributed by atoms with E-state index in [1.807, 2.05) is 0 Å². The number of nitrogens with zero attached hydrogens (tertiary/aromatic N) is 2. The summed E-state index contributed by atoms with van der Waals surface area (Å²) in [6.07, 6.45) is 2.43. The summed E-state index contributed by atoms with van der Waals surface area (Å²) in [6, 6.07) is 11.0. The van der Waals surface area contributed by atoms with Crippen LogP contribution in [-0.4, -0.2) is 54.2 Å². The van der Waals surface area contributed by atoms with Crippen LogP contribution in [-0.2, 0) is 14.3 Å². The molecular weight excluding hydrogens is 463 g/mol. The predicted octanol–water partition coefficient (Wildman–Crippen LogP) is 2.32. The van der Waals surface area contributed by atoms with Gasteiger partial charge in [-0.3, -0.25) is 19.3 Å². The zero-order valence-electron chi connectivity index (χ0n) is 17.7. The van der Waals surface area contributed by atoms with Crippen molar-refractivity contribution >= 4 is 52.8 Å². The number of thioether (sulfide) groups is 1. The van der Waals surface area contributed by atoms with Gasteiger partial charge < -0.3 is 10.1 Å². The molecule has 174 valence electrons. The molecule has 2 aliphatic heterocycles. The highest BCUT2D eigenvalue weighted by Crippen LogP contribution is 2.26. The van der Waals surface area contributed by atoms with Crippen LogP contribution in [0, 0.1) is 5.82 Å². The topological polar surface area (TPSA) is 117 Å². The van der Waals surface area contributed by atoms with Gasteiger partial charge in [0.1, 0.15) is 23.3 Å². The molecule has 0 aliphatic carbocycles. The van der Waals surface area contributed by atoms with E-state index in [4.69, 9.17) is 4.74 Å². The number of cyclic esters (lactones) is 1. The fourth-order valence-electron chi connectivity index (χ4n) is 3.26. The van der Waals surface area contributed by atoms with Crippen molar-refractivity contribution in [2.24, 2.45) is 5.10 Å². The van der Waals surface area contributed by atoms with Crippen molar-refractivity contribution in [2.75, 3.05) is 23.7 Å². The van der Waals surface area contributed by atoms with E-state index >= 15 is 0 Å². The van der Waals surface area contributed by atoms with Crippen molar-refractivity contribution in [3.8, 4) is 0 Å². The number of ether oxygens (including phenoxy) is 1. The van der Waals surface area contributed by atoms with Gasteiger partial charge in [0.2, 0.25) is 5.91 Å². The minimum absolute atomic E-state index is 0.0865. The maximum absolute atomic E-state index is 14.7. The van der Waals surface area contributed by atoms with Crippen LogP contribution in [0.25, 0.3) is 6.08 Å². The van der Waals surface area contributed by atoms with Crippen LogP contribution in [0.5, 0.6) is 0 Å². The van der Waals surface area contributed by atoms with Crippen LogP contribution >= 0.6 is 11.8 Å². The Balaban J connectivity index is 1.32. The molecule has 1 unspecified atom stereocenters. The van der Waals surface area contributed by atoms with Gasteiger partial charge in [-0.1, -0.05) is 36.0 Å². The van der Waals surface area contributed by atoms with Gasteiger partial charge >= 0.3 is 6.09 Å². The number of hydrogen-bond donors (Lipinski definition) is 2. The van der Waals surface area contributed by atoms with Crippen molar-refractivity contribution in [3.05, 3.63) is 71.0 Å². The van der Waals surface area contributed by atoms with Crippen molar-refractivity contribution in [1.29, 1.82) is 0 Å². The van der Waals surface area contributed by atoms with Gasteiger partial charge in [-0.25, -0.2) is 14.6 Å². The number of halogens is 1. The largest absolute Gasteiger partial charge is 0.442 e. The Morgan fingerprint density at radius 3 is 2.68 bits per heavy atom. The van der Waals surface area contributed by atoms with Gasteiger partial charge in [0.15, 0.2) is 0 Å². The van der Waals surface area contributed by atoms with Crippen LogP contribution < -0.4 is 15.6 Å². The van der Waals surface area contributed by atoms with Crippen molar-refractivity contribution in [3.63, 3.8) is 0 Å². The van der Waals surface area contributed by atoms with Crippen molar-refractivity contribution in [1.82, 2.24) is 10.7 Å². The van der Waals surface area contributed by atoms with E-state index in [9.17, 15) is 23.6 Å². The van der Waals surface area contributed by atoms with Crippen LogP contribution in [0.2, 0.25) is 0 Å². The first kappa shape index (κ1) is 23.2. The molecule has 0 radical (unpaired) electrons. The lowest BCUT2D eigenvalue weighted by Gasteiger charge is -2.16. The molecule has 11 heteroatoms. The monoisotopic (exact) mass is 482 g/mol. The Morgan fingerprint density at radius 2 is 2.00 bits per heavy atom. The number of hydrazone groups is 1. The second-order valence-corrected chi connectivity index (χ2v) is 8.35. The van der Waals surface area contributed by atoms with E-state index in [2.05, 4.69) is 15.8 Å². The van der Waals surface area contributed by atoms with Gasteiger partial charge in [-0.15, -0.1) is 0 Å². The fraction of sp³-hybridized carbons (Fsp3) is 0.174. The number of carbonyl (C=O) groups excluding carboxylic acids is 4. The number of hydrogen-bond acceptors (Lipinski definition) is 7. The first-order valence-electron chi connectivity index (χ1n) is 10.2. The number of amides is 3. The van der Waals surface area contributed by atoms with E-state index in [0.717, 1.165) is 23.6 Å². The molecule has 2 N–H and O–H groups in total. The summed E-state index contributed by atoms with van der Waals surface area (Å²) in [5.74, 6) is -1.07. The number of aldehydes is 1. The molecule has 4 rings (SSSR count). The average molecular weight is 482 g/mol. The molecule has 2 heterocycles. The Morgan fingerprint density at radius 1 is 1.24 bits per heavy atom. The number of rotatable bonds is 7. The van der Waals surface area contributed by atoms with Crippen LogP contribution in [0.3, 0.4) is 0 Å². The third-order valence-corrected chi connectivity index (χ3v) is 5.99. The van der Waals surface area contributed by atoms with Crippen LogP contribution in [0.15, 0.2) is 53.6 Å². The molecule has 2 aliphatic rings. The Hall–Kier alpha value is -3.99. The van der Waals surface area contributed by atoms with Gasteiger partial charge in [0.05, 0.1) is 24.5 Å². The highest BCUT2D eigenvalue weighted by Gasteiger charge is 2.33. The molecular formula is C23H19FN4O5S. The smallest absolute Gasteiger partial charge is 0.414 e. The summed E-state index contributed by atoms with van der Waals surface area (Å²) in [6.45, 7) is 0.226. The van der Waals surface area contributed by atoms with E-state index < -0.39 is 18.0 Å². The maximum atomic E-state index is 14.7. The third kappa shape index (κ3) is 5.49. The first-order valence-corrected chi connectivity index (χ1v) is 11.2. The van der Waals surface area contributed by atoms with Gasteiger partial charge in [0.25, 0.3) is 5.91 Å². The predicted molar refractivity (Wildman–Crippen MR) is 125 cm³/mol. The molecule has 34 heavy (non-hydrogen) atoms. The Kier molecular flexibility index (Phi) is 7.02. The van der Waals surface area contributed by atoms with Gasteiger partial charge in [-0.05, 0) is 29.8 Å². The zero-order valence-corrected chi connectivity index (χ0v) is 18.5. The van der Waals surface area contributed by atoms with E-state index in [1.165, 1.54) is 23.1 Å². The number of anilines is 1. The molecule has 3 amide bonds. The lowest BCUT2D eigenvalue weighted by atomic mass is 10.1. The first-order chi connectivity index (χ1) is 16.4. The average Bonchev–Trinajstić information content (AvgIpc) is 3.22. The second-order valence-electron chi connectivity index (χ2n) is 7.38. The number of carbonyl (C=O) groups is 4. The normalized spacial score (nSPS) is 17.9. The second kappa shape index (κ2) is 10.3. The van der Waals surface area contributed by atoms with E-state index in [-0.39, 0.29) is 36.2 Å². The third-order valence-electron chi connectivity index (χ3n) is 4.99. The molecule has 0 spiro atoms. The van der Waals surface area contributed by atoms with E-state index in [0.29, 0.717) is 16.3 Å². The molecule has 1 fully saturated rings. The van der Waals surface area contributed by atoms with Crippen LogP contribution in [0.1, 0.15) is 21.5 Å². The quantitative estimate of drug-likeness (QED) is 0.462. The minimum atomic E-state index is -0.645. The Labute approximate surface area is 198 Å². The molecule has 0 bridgehead atoms. The molecule has 0 aromatic heterocycles. The number of benzene rings is 2. The Bertz CT molecular complexity index is 1200. The summed E-state index contributed by atoms with van der Waals surface area (Å²) in [5.41, 5.74) is 4.14. The highest BCUT2D eigenvalue weighted by atomic mass is 32.2. The summed E-state index contributed by atoms with van der Waals surface area (Å²) >= 11 is 1.12. The molecule has 9 nitrogen and oxygen atoms in total. The number of nitrogens with one attached hydrogen (secondary N) is 2. The summed E-state index contributed by atoms with van der Waals surface area (Å²) in [5, 5.41) is 6.87. The van der Waals surface area contributed by atoms with Crippen molar-refractivity contribution < 1.29 is 28.3 Å².